The van der Waals surface area contributed by atoms with Crippen molar-refractivity contribution < 1.29 is 43.3 Å². The Kier molecular flexibility index (Phi) is 23.9. The van der Waals surface area contributed by atoms with Gasteiger partial charge in [0.2, 0.25) is 11.8 Å². The number of thioether (sulfide) groups is 1. The van der Waals surface area contributed by atoms with Gasteiger partial charge in [0.25, 0.3) is 0 Å². The summed E-state index contributed by atoms with van der Waals surface area (Å²) in [6.07, 6.45) is 11.6. The van der Waals surface area contributed by atoms with Crippen molar-refractivity contribution in [3.63, 3.8) is 0 Å². The lowest BCUT2D eigenvalue weighted by molar-refractivity contribution is -0.155. The first-order valence-electron chi connectivity index (χ1n) is 14.9. The Balaban J connectivity index is 4.55. The van der Waals surface area contributed by atoms with Gasteiger partial charge in [-0.15, -0.1) is 0 Å². The Morgan fingerprint density at radius 1 is 0.829 bits per heavy atom. The van der Waals surface area contributed by atoms with E-state index in [0.717, 1.165) is 26.4 Å². The number of aliphatic hydroxyl groups is 1. The molecule has 0 saturated carbocycles. The zero-order valence-electron chi connectivity index (χ0n) is 25.4. The van der Waals surface area contributed by atoms with E-state index in [1.807, 2.05) is 6.92 Å². The molecule has 12 heteroatoms. The lowest BCUT2D eigenvalue weighted by Crippen LogP contribution is -2.53. The topological polar surface area (TPSA) is 157 Å². The van der Waals surface area contributed by atoms with Gasteiger partial charge in [-0.25, -0.2) is 4.79 Å². The van der Waals surface area contributed by atoms with Crippen molar-refractivity contribution >= 4 is 41.5 Å². The standard InChI is InChI=1S/C29H52N2O9S/c1-5-7-8-9-10-11-12-13-14-16-23(40-26(34)15-6-2)19-27(35)39-17-18-41-21-25(30-22(3)33)28(36)31-24(20-32)29(37)38-4/h23-25,32H,5-21H2,1-4H3,(H,30,33)(H,31,36)/t23-,24+,25+/m1/s1. The van der Waals surface area contributed by atoms with Crippen LogP contribution in [0.2, 0.25) is 0 Å². The largest absolute Gasteiger partial charge is 0.467 e. The maximum absolute atomic E-state index is 12.5. The molecule has 0 aliphatic rings. The van der Waals surface area contributed by atoms with E-state index < -0.39 is 48.5 Å². The van der Waals surface area contributed by atoms with E-state index in [4.69, 9.17) is 9.47 Å². The van der Waals surface area contributed by atoms with Gasteiger partial charge in [-0.1, -0.05) is 65.2 Å². The molecule has 3 atom stereocenters. The Hall–Kier alpha value is -2.34. The number of hydrogen-bond donors (Lipinski definition) is 3. The van der Waals surface area contributed by atoms with E-state index in [-0.39, 0.29) is 24.7 Å². The molecule has 3 N–H and O–H groups in total. The van der Waals surface area contributed by atoms with Crippen LogP contribution in [0.25, 0.3) is 0 Å². The summed E-state index contributed by atoms with van der Waals surface area (Å²) in [5.41, 5.74) is 0. The van der Waals surface area contributed by atoms with Crippen molar-refractivity contribution in [1.29, 1.82) is 0 Å². The van der Waals surface area contributed by atoms with Gasteiger partial charge in [-0.2, -0.15) is 11.8 Å². The first-order chi connectivity index (χ1) is 19.7. The first kappa shape index (κ1) is 38.7. The lowest BCUT2D eigenvalue weighted by atomic mass is 10.0. The number of esters is 3. The van der Waals surface area contributed by atoms with Crippen LogP contribution in [-0.4, -0.2) is 84.8 Å². The summed E-state index contributed by atoms with van der Waals surface area (Å²) in [6.45, 7) is 4.79. The second-order valence-electron chi connectivity index (χ2n) is 10.00. The minimum absolute atomic E-state index is 0.00978. The molecule has 0 aromatic rings. The third-order valence-corrected chi connectivity index (χ3v) is 7.25. The molecule has 238 valence electrons. The lowest BCUT2D eigenvalue weighted by Gasteiger charge is -2.20. The number of aliphatic hydroxyl groups excluding tert-OH is 1. The number of carbonyl (C=O) groups is 5. The molecule has 0 bridgehead atoms. The molecular weight excluding hydrogens is 552 g/mol. The van der Waals surface area contributed by atoms with Gasteiger partial charge in [0.05, 0.1) is 20.1 Å². The van der Waals surface area contributed by atoms with E-state index in [1.165, 1.54) is 57.2 Å². The number of nitrogens with one attached hydrogen (secondary N) is 2. The van der Waals surface area contributed by atoms with Crippen LogP contribution in [0.15, 0.2) is 0 Å². The summed E-state index contributed by atoms with van der Waals surface area (Å²) < 4.78 is 15.4. The van der Waals surface area contributed by atoms with Crippen LogP contribution in [0.1, 0.15) is 104 Å². The molecule has 11 nitrogen and oxygen atoms in total. The minimum atomic E-state index is -1.25. The number of ether oxygens (including phenoxy) is 3. The average molecular weight is 605 g/mol. The Morgan fingerprint density at radius 2 is 1.46 bits per heavy atom. The quantitative estimate of drug-likeness (QED) is 0.0801. The van der Waals surface area contributed by atoms with Gasteiger partial charge < -0.3 is 30.0 Å². The van der Waals surface area contributed by atoms with E-state index >= 15 is 0 Å². The van der Waals surface area contributed by atoms with E-state index in [9.17, 15) is 29.1 Å². The molecule has 0 aliphatic carbocycles. The van der Waals surface area contributed by atoms with Crippen molar-refractivity contribution in [3.8, 4) is 0 Å². The minimum Gasteiger partial charge on any atom is -0.467 e. The summed E-state index contributed by atoms with van der Waals surface area (Å²) >= 11 is 1.27. The molecule has 0 fully saturated rings. The maximum atomic E-state index is 12.5. The number of unbranched alkanes of at least 4 members (excludes halogenated alkanes) is 8. The van der Waals surface area contributed by atoms with Gasteiger partial charge in [0.1, 0.15) is 18.8 Å². The molecular formula is C29H52N2O9S. The summed E-state index contributed by atoms with van der Waals surface area (Å²) in [4.78, 5) is 60.2. The third kappa shape index (κ3) is 21.1. The molecule has 2 amide bonds. The molecule has 0 heterocycles. The molecule has 0 rings (SSSR count). The van der Waals surface area contributed by atoms with E-state index in [1.54, 1.807) is 0 Å². The monoisotopic (exact) mass is 604 g/mol. The number of carbonyl (C=O) groups excluding carboxylic acids is 5. The van der Waals surface area contributed by atoms with Gasteiger partial charge >= 0.3 is 17.9 Å². The van der Waals surface area contributed by atoms with Crippen molar-refractivity contribution in [2.75, 3.05) is 31.8 Å². The molecule has 0 unspecified atom stereocenters. The molecule has 0 saturated heterocycles. The number of amides is 2. The van der Waals surface area contributed by atoms with Crippen molar-refractivity contribution in [2.24, 2.45) is 0 Å². The number of methoxy groups -OCH3 is 1. The predicted molar refractivity (Wildman–Crippen MR) is 158 cm³/mol. The summed E-state index contributed by atoms with van der Waals surface area (Å²) in [5.74, 6) is -2.16. The van der Waals surface area contributed by atoms with Crippen molar-refractivity contribution in [3.05, 3.63) is 0 Å². The van der Waals surface area contributed by atoms with Gasteiger partial charge in [-0.05, 0) is 19.3 Å². The molecule has 0 aliphatic heterocycles. The average Bonchev–Trinajstić information content (AvgIpc) is 2.93. The van der Waals surface area contributed by atoms with Crippen LogP contribution in [0.3, 0.4) is 0 Å². The molecule has 0 spiro atoms. The number of hydrogen-bond acceptors (Lipinski definition) is 10. The van der Waals surface area contributed by atoms with Crippen LogP contribution in [0, 0.1) is 0 Å². The van der Waals surface area contributed by atoms with Crippen LogP contribution in [0.5, 0.6) is 0 Å². The van der Waals surface area contributed by atoms with Crippen LogP contribution >= 0.6 is 11.8 Å². The third-order valence-electron chi connectivity index (χ3n) is 6.23. The van der Waals surface area contributed by atoms with Gasteiger partial charge in [0, 0.05) is 24.9 Å². The summed E-state index contributed by atoms with van der Waals surface area (Å²) in [7, 11) is 1.13. The zero-order chi connectivity index (χ0) is 30.9. The fourth-order valence-corrected chi connectivity index (χ4v) is 4.85. The van der Waals surface area contributed by atoms with E-state index in [0.29, 0.717) is 25.0 Å². The molecule has 41 heavy (non-hydrogen) atoms. The first-order valence-corrected chi connectivity index (χ1v) is 16.0. The Bertz CT molecular complexity index is 767. The molecule has 0 aromatic heterocycles. The fourth-order valence-electron chi connectivity index (χ4n) is 4.02. The van der Waals surface area contributed by atoms with Crippen molar-refractivity contribution in [1.82, 2.24) is 10.6 Å². The Labute approximate surface area is 249 Å². The van der Waals surface area contributed by atoms with Gasteiger partial charge in [0.15, 0.2) is 6.04 Å². The van der Waals surface area contributed by atoms with Gasteiger partial charge in [-0.3, -0.25) is 19.2 Å². The maximum Gasteiger partial charge on any atom is 0.330 e. The van der Waals surface area contributed by atoms with E-state index in [2.05, 4.69) is 22.3 Å². The highest BCUT2D eigenvalue weighted by atomic mass is 32.2. The van der Waals surface area contributed by atoms with Crippen LogP contribution < -0.4 is 10.6 Å². The fraction of sp³-hybridized carbons (Fsp3) is 0.828. The normalized spacial score (nSPS) is 13.0. The van der Waals surface area contributed by atoms with Crippen molar-refractivity contribution in [2.45, 2.75) is 122 Å². The zero-order valence-corrected chi connectivity index (χ0v) is 26.2. The van der Waals surface area contributed by atoms with Crippen LogP contribution in [-0.2, 0) is 38.2 Å². The highest BCUT2D eigenvalue weighted by molar-refractivity contribution is 7.99. The molecule has 0 radical (unpaired) electrons. The summed E-state index contributed by atoms with van der Waals surface area (Å²) in [6, 6.07) is -2.21. The Morgan fingerprint density at radius 3 is 2.02 bits per heavy atom. The molecule has 0 aromatic carbocycles. The predicted octanol–water partition coefficient (Wildman–Crippen LogP) is 3.44. The summed E-state index contributed by atoms with van der Waals surface area (Å²) in [5, 5.41) is 14.2. The smallest absolute Gasteiger partial charge is 0.330 e. The second kappa shape index (κ2) is 25.4. The second-order valence-corrected chi connectivity index (χ2v) is 11.1. The van der Waals surface area contributed by atoms with Crippen LogP contribution in [0.4, 0.5) is 0 Å². The highest BCUT2D eigenvalue weighted by Crippen LogP contribution is 2.16. The SMILES string of the molecule is CCCCCCCCCCC[C@H](CC(=O)OCCSC[C@H](NC(C)=O)C(=O)N[C@@H](CO)C(=O)OC)OC(=O)CCC. The highest BCUT2D eigenvalue weighted by Gasteiger charge is 2.26. The number of rotatable bonds is 25.